The predicted octanol–water partition coefficient (Wildman–Crippen LogP) is 2.83. The van der Waals surface area contributed by atoms with Crippen LogP contribution >= 0.6 is 0 Å². The Kier molecular flexibility index (Phi) is 6.27. The fourth-order valence-electron chi connectivity index (χ4n) is 2.28. The quantitative estimate of drug-likeness (QED) is 0.597. The molecule has 2 rings (SSSR count). The van der Waals surface area contributed by atoms with Crippen LogP contribution in [0.25, 0.3) is 6.08 Å². The number of carbonyl (C=O) groups is 1. The number of rotatable bonds is 6. The van der Waals surface area contributed by atoms with Crippen LogP contribution in [-0.4, -0.2) is 39.5 Å². The predicted molar refractivity (Wildman–Crippen MR) is 83.1 cm³/mol. The van der Waals surface area contributed by atoms with Gasteiger partial charge in [-0.2, -0.15) is 0 Å². The summed E-state index contributed by atoms with van der Waals surface area (Å²) in [5, 5.41) is 0. The maximum Gasteiger partial charge on any atom is 0.330 e. The minimum atomic E-state index is -0.382. The molecule has 0 saturated carbocycles. The van der Waals surface area contributed by atoms with Crippen LogP contribution in [0.5, 0.6) is 11.5 Å². The first-order valence-electron chi connectivity index (χ1n) is 7.41. The van der Waals surface area contributed by atoms with E-state index in [1.807, 2.05) is 12.1 Å². The Morgan fingerprint density at radius 3 is 2.86 bits per heavy atom. The standard InChI is InChI=1S/C17H22O5/c1-19-14-8-6-13(16(11-14)20-2)7-9-17(18)22-12-15-5-3-4-10-21-15/h6-9,11,15H,3-5,10,12H2,1-2H3. The second-order valence-corrected chi connectivity index (χ2v) is 5.06. The molecule has 0 spiro atoms. The molecule has 5 nitrogen and oxygen atoms in total. The van der Waals surface area contributed by atoms with Gasteiger partial charge in [0, 0.05) is 24.3 Å². The van der Waals surface area contributed by atoms with Crippen molar-refractivity contribution in [1.82, 2.24) is 0 Å². The van der Waals surface area contributed by atoms with Gasteiger partial charge in [-0.1, -0.05) is 0 Å². The van der Waals surface area contributed by atoms with Gasteiger partial charge in [0.1, 0.15) is 18.1 Å². The van der Waals surface area contributed by atoms with Gasteiger partial charge in [0.2, 0.25) is 0 Å². The Morgan fingerprint density at radius 1 is 1.32 bits per heavy atom. The SMILES string of the molecule is COc1ccc(C=CC(=O)OCC2CCCCO2)c(OC)c1. The van der Waals surface area contributed by atoms with E-state index < -0.39 is 0 Å². The molecule has 1 aliphatic heterocycles. The summed E-state index contributed by atoms with van der Waals surface area (Å²) < 4.78 is 21.1. The molecular formula is C17H22O5. The van der Waals surface area contributed by atoms with Crippen molar-refractivity contribution in [3.63, 3.8) is 0 Å². The Balaban J connectivity index is 1.88. The van der Waals surface area contributed by atoms with Gasteiger partial charge < -0.3 is 18.9 Å². The van der Waals surface area contributed by atoms with Crippen LogP contribution in [0.3, 0.4) is 0 Å². The third-order valence-electron chi connectivity index (χ3n) is 3.53. The number of hydrogen-bond donors (Lipinski definition) is 0. The van der Waals surface area contributed by atoms with Gasteiger partial charge in [-0.3, -0.25) is 0 Å². The van der Waals surface area contributed by atoms with Gasteiger partial charge in [-0.25, -0.2) is 4.79 Å². The average Bonchev–Trinajstić information content (AvgIpc) is 2.58. The van der Waals surface area contributed by atoms with Gasteiger partial charge in [-0.05, 0) is 37.5 Å². The molecule has 1 atom stereocenters. The van der Waals surface area contributed by atoms with Crippen LogP contribution in [0, 0.1) is 0 Å². The molecule has 0 bridgehead atoms. The van der Waals surface area contributed by atoms with E-state index in [0.29, 0.717) is 18.1 Å². The number of esters is 1. The van der Waals surface area contributed by atoms with E-state index >= 15 is 0 Å². The Morgan fingerprint density at radius 2 is 2.18 bits per heavy atom. The molecule has 0 aromatic heterocycles. The van der Waals surface area contributed by atoms with E-state index in [-0.39, 0.29) is 12.1 Å². The zero-order valence-electron chi connectivity index (χ0n) is 13.0. The van der Waals surface area contributed by atoms with Crippen molar-refractivity contribution in [2.45, 2.75) is 25.4 Å². The van der Waals surface area contributed by atoms with E-state index in [9.17, 15) is 4.79 Å². The van der Waals surface area contributed by atoms with Crippen LogP contribution in [0.1, 0.15) is 24.8 Å². The molecule has 0 aliphatic carbocycles. The highest BCUT2D eigenvalue weighted by Crippen LogP contribution is 2.25. The zero-order valence-corrected chi connectivity index (χ0v) is 13.0. The van der Waals surface area contributed by atoms with E-state index in [4.69, 9.17) is 18.9 Å². The van der Waals surface area contributed by atoms with Crippen molar-refractivity contribution >= 4 is 12.0 Å². The molecule has 1 fully saturated rings. The Labute approximate surface area is 130 Å². The highest BCUT2D eigenvalue weighted by atomic mass is 16.6. The molecular weight excluding hydrogens is 284 g/mol. The lowest BCUT2D eigenvalue weighted by molar-refractivity contribution is -0.143. The summed E-state index contributed by atoms with van der Waals surface area (Å²) in [5.41, 5.74) is 0.786. The molecule has 1 unspecified atom stereocenters. The van der Waals surface area contributed by atoms with Crippen molar-refractivity contribution in [2.24, 2.45) is 0 Å². The topological polar surface area (TPSA) is 54.0 Å². The largest absolute Gasteiger partial charge is 0.497 e. The minimum absolute atomic E-state index is 0.0293. The van der Waals surface area contributed by atoms with Crippen LogP contribution in [0.2, 0.25) is 0 Å². The van der Waals surface area contributed by atoms with Crippen LogP contribution in [-0.2, 0) is 14.3 Å². The van der Waals surface area contributed by atoms with Gasteiger partial charge in [-0.15, -0.1) is 0 Å². The van der Waals surface area contributed by atoms with Crippen molar-refractivity contribution in [3.8, 4) is 11.5 Å². The fraction of sp³-hybridized carbons (Fsp3) is 0.471. The molecule has 22 heavy (non-hydrogen) atoms. The first-order valence-corrected chi connectivity index (χ1v) is 7.41. The number of ether oxygens (including phenoxy) is 4. The number of methoxy groups -OCH3 is 2. The monoisotopic (exact) mass is 306 g/mol. The molecule has 0 radical (unpaired) electrons. The fourth-order valence-corrected chi connectivity index (χ4v) is 2.28. The van der Waals surface area contributed by atoms with Gasteiger partial charge in [0.05, 0.1) is 20.3 Å². The first-order chi connectivity index (χ1) is 10.7. The van der Waals surface area contributed by atoms with Gasteiger partial charge >= 0.3 is 5.97 Å². The molecule has 1 aliphatic rings. The third-order valence-corrected chi connectivity index (χ3v) is 3.53. The minimum Gasteiger partial charge on any atom is -0.497 e. The molecule has 0 N–H and O–H groups in total. The number of benzene rings is 1. The highest BCUT2D eigenvalue weighted by Gasteiger charge is 2.15. The molecule has 5 heteroatoms. The zero-order chi connectivity index (χ0) is 15.8. The smallest absolute Gasteiger partial charge is 0.330 e. The van der Waals surface area contributed by atoms with E-state index in [1.165, 1.54) is 6.08 Å². The Bertz CT molecular complexity index is 518. The normalized spacial score (nSPS) is 18.2. The molecule has 1 heterocycles. The summed E-state index contributed by atoms with van der Waals surface area (Å²) >= 11 is 0. The second kappa shape index (κ2) is 8.44. The van der Waals surface area contributed by atoms with Crippen molar-refractivity contribution < 1.29 is 23.7 Å². The number of carbonyl (C=O) groups excluding carboxylic acids is 1. The summed E-state index contributed by atoms with van der Waals surface area (Å²) in [6, 6.07) is 5.40. The van der Waals surface area contributed by atoms with Crippen molar-refractivity contribution in [1.29, 1.82) is 0 Å². The molecule has 1 aromatic carbocycles. The summed E-state index contributed by atoms with van der Waals surface area (Å²) in [4.78, 5) is 11.8. The summed E-state index contributed by atoms with van der Waals surface area (Å²) in [5.74, 6) is 0.956. The lowest BCUT2D eigenvalue weighted by Crippen LogP contribution is -2.25. The van der Waals surface area contributed by atoms with E-state index in [2.05, 4.69) is 0 Å². The van der Waals surface area contributed by atoms with Gasteiger partial charge in [0.25, 0.3) is 0 Å². The molecule has 1 aromatic rings. The summed E-state index contributed by atoms with van der Waals surface area (Å²) in [7, 11) is 3.17. The van der Waals surface area contributed by atoms with Crippen LogP contribution in [0.15, 0.2) is 24.3 Å². The maximum atomic E-state index is 11.8. The third kappa shape index (κ3) is 4.77. The summed E-state index contributed by atoms with van der Waals surface area (Å²) in [6.45, 7) is 1.06. The van der Waals surface area contributed by atoms with Crippen LogP contribution in [0.4, 0.5) is 0 Å². The molecule has 1 saturated heterocycles. The average molecular weight is 306 g/mol. The van der Waals surface area contributed by atoms with E-state index in [1.54, 1.807) is 26.4 Å². The number of hydrogen-bond acceptors (Lipinski definition) is 5. The van der Waals surface area contributed by atoms with Crippen LogP contribution < -0.4 is 9.47 Å². The first kappa shape index (κ1) is 16.4. The van der Waals surface area contributed by atoms with Crippen molar-refractivity contribution in [3.05, 3.63) is 29.8 Å². The Hall–Kier alpha value is -2.01. The molecule has 0 amide bonds. The second-order valence-electron chi connectivity index (χ2n) is 5.06. The van der Waals surface area contributed by atoms with Crippen molar-refractivity contribution in [2.75, 3.05) is 27.4 Å². The van der Waals surface area contributed by atoms with E-state index in [0.717, 1.165) is 31.4 Å². The lowest BCUT2D eigenvalue weighted by atomic mass is 10.1. The summed E-state index contributed by atoms with van der Waals surface area (Å²) in [6.07, 6.45) is 6.25. The lowest BCUT2D eigenvalue weighted by Gasteiger charge is -2.21. The molecule has 120 valence electrons. The highest BCUT2D eigenvalue weighted by molar-refractivity contribution is 5.87. The maximum absolute atomic E-state index is 11.8. The van der Waals surface area contributed by atoms with Gasteiger partial charge in [0.15, 0.2) is 0 Å².